The molecule has 0 heterocycles. The Hall–Kier alpha value is -2.33. The summed E-state index contributed by atoms with van der Waals surface area (Å²) in [5, 5.41) is 5.79. The van der Waals surface area contributed by atoms with Crippen molar-refractivity contribution in [3.63, 3.8) is 0 Å². The number of likely N-dealkylation sites (N-methyl/N-ethyl adjacent to an activating group) is 1. The first-order valence-corrected chi connectivity index (χ1v) is 7.45. The molecule has 2 rings (SSSR count). The number of nitrogens with one attached hydrogen (secondary N) is 2. The van der Waals surface area contributed by atoms with Crippen molar-refractivity contribution in [2.75, 3.05) is 20.1 Å². The highest BCUT2D eigenvalue weighted by molar-refractivity contribution is 5.80. The van der Waals surface area contributed by atoms with Gasteiger partial charge in [0.2, 0.25) is 0 Å². The second-order valence-corrected chi connectivity index (χ2v) is 5.05. The fourth-order valence-corrected chi connectivity index (χ4v) is 2.07. The number of amides is 1. The maximum Gasteiger partial charge on any atom is 0.260 e. The zero-order valence-electron chi connectivity index (χ0n) is 13.0. The summed E-state index contributed by atoms with van der Waals surface area (Å²) in [6.07, 6.45) is -0.514. The van der Waals surface area contributed by atoms with Gasteiger partial charge in [-0.1, -0.05) is 42.5 Å². The normalized spacial score (nSPS) is 11.7. The van der Waals surface area contributed by atoms with Gasteiger partial charge < -0.3 is 15.4 Å². The van der Waals surface area contributed by atoms with Crippen LogP contribution < -0.4 is 15.4 Å². The quantitative estimate of drug-likeness (QED) is 0.772. The lowest BCUT2D eigenvalue weighted by Crippen LogP contribution is -2.39. The number of ether oxygens (including phenoxy) is 1. The first kappa shape index (κ1) is 16.0. The van der Waals surface area contributed by atoms with E-state index in [-0.39, 0.29) is 5.91 Å². The highest BCUT2D eigenvalue weighted by atomic mass is 16.5. The highest BCUT2D eigenvalue weighted by Crippen LogP contribution is 2.22. The molecule has 2 N–H and O–H groups in total. The molecular weight excluding hydrogens is 276 g/mol. The Bertz CT molecular complexity index is 582. The molecule has 2 aromatic carbocycles. The Kier molecular flexibility index (Phi) is 5.98. The Labute approximate surface area is 131 Å². The summed E-state index contributed by atoms with van der Waals surface area (Å²) >= 11 is 0. The van der Waals surface area contributed by atoms with Gasteiger partial charge in [0, 0.05) is 13.1 Å². The van der Waals surface area contributed by atoms with Crippen LogP contribution in [0.3, 0.4) is 0 Å². The highest BCUT2D eigenvalue weighted by Gasteiger charge is 2.13. The Morgan fingerprint density at radius 1 is 1.00 bits per heavy atom. The summed E-state index contributed by atoms with van der Waals surface area (Å²) in [6, 6.07) is 17.9. The van der Waals surface area contributed by atoms with Crippen molar-refractivity contribution in [1.29, 1.82) is 0 Å². The maximum absolute atomic E-state index is 11.8. The van der Waals surface area contributed by atoms with Crippen molar-refractivity contribution in [1.82, 2.24) is 10.6 Å². The van der Waals surface area contributed by atoms with E-state index in [1.807, 2.05) is 49.5 Å². The molecule has 0 bridgehead atoms. The third-order valence-corrected chi connectivity index (χ3v) is 3.32. The van der Waals surface area contributed by atoms with E-state index in [1.54, 1.807) is 6.92 Å². The van der Waals surface area contributed by atoms with E-state index < -0.39 is 6.10 Å². The molecule has 0 saturated carbocycles. The lowest BCUT2D eigenvalue weighted by Gasteiger charge is -2.15. The van der Waals surface area contributed by atoms with E-state index in [4.69, 9.17) is 4.74 Å². The molecular formula is C18H22N2O2. The summed E-state index contributed by atoms with van der Waals surface area (Å²) in [7, 11) is 1.85. The van der Waals surface area contributed by atoms with E-state index in [2.05, 4.69) is 22.8 Å². The third-order valence-electron chi connectivity index (χ3n) is 3.32. The average Bonchev–Trinajstić information content (AvgIpc) is 2.56. The number of hydrogen-bond acceptors (Lipinski definition) is 3. The van der Waals surface area contributed by atoms with Crippen LogP contribution >= 0.6 is 0 Å². The van der Waals surface area contributed by atoms with Gasteiger partial charge in [-0.15, -0.1) is 0 Å². The minimum Gasteiger partial charge on any atom is -0.481 e. The topological polar surface area (TPSA) is 50.4 Å². The minimum atomic E-state index is -0.514. The predicted molar refractivity (Wildman–Crippen MR) is 88.9 cm³/mol. The molecule has 0 spiro atoms. The van der Waals surface area contributed by atoms with Crippen LogP contribution in [0, 0.1) is 0 Å². The van der Waals surface area contributed by atoms with Crippen molar-refractivity contribution >= 4 is 5.91 Å². The SMILES string of the molecule is CNCCNC(=O)C(C)Oc1ccc(-c2ccccc2)cc1. The van der Waals surface area contributed by atoms with Crippen LogP contribution in [0.5, 0.6) is 5.75 Å². The summed E-state index contributed by atoms with van der Waals surface area (Å²) in [5.74, 6) is 0.582. The zero-order chi connectivity index (χ0) is 15.8. The largest absolute Gasteiger partial charge is 0.481 e. The van der Waals surface area contributed by atoms with Crippen molar-refractivity contribution in [3.05, 3.63) is 54.6 Å². The van der Waals surface area contributed by atoms with Gasteiger partial charge in [-0.3, -0.25) is 4.79 Å². The first-order valence-electron chi connectivity index (χ1n) is 7.45. The molecule has 116 valence electrons. The Morgan fingerprint density at radius 3 is 2.27 bits per heavy atom. The zero-order valence-corrected chi connectivity index (χ0v) is 13.0. The number of carbonyl (C=O) groups excluding carboxylic acids is 1. The number of benzene rings is 2. The molecule has 4 nitrogen and oxygen atoms in total. The van der Waals surface area contributed by atoms with Crippen LogP contribution in [0.2, 0.25) is 0 Å². The number of carbonyl (C=O) groups is 1. The van der Waals surface area contributed by atoms with Crippen LogP contribution in [0.15, 0.2) is 54.6 Å². The van der Waals surface area contributed by atoms with Crippen molar-refractivity contribution in [2.45, 2.75) is 13.0 Å². The molecule has 0 aliphatic carbocycles. The molecule has 0 aromatic heterocycles. The second kappa shape index (κ2) is 8.20. The molecule has 1 amide bonds. The number of hydrogen-bond donors (Lipinski definition) is 2. The maximum atomic E-state index is 11.8. The fourth-order valence-electron chi connectivity index (χ4n) is 2.07. The molecule has 0 radical (unpaired) electrons. The molecule has 0 saturated heterocycles. The lowest BCUT2D eigenvalue weighted by molar-refractivity contribution is -0.127. The van der Waals surface area contributed by atoms with Crippen LogP contribution in [-0.2, 0) is 4.79 Å². The standard InChI is InChI=1S/C18H22N2O2/c1-14(18(21)20-13-12-19-2)22-17-10-8-16(9-11-17)15-6-4-3-5-7-15/h3-11,14,19H,12-13H2,1-2H3,(H,20,21). The van der Waals surface area contributed by atoms with Crippen LogP contribution in [0.4, 0.5) is 0 Å². The van der Waals surface area contributed by atoms with E-state index in [1.165, 1.54) is 0 Å². The van der Waals surface area contributed by atoms with Crippen LogP contribution in [-0.4, -0.2) is 32.1 Å². The smallest absolute Gasteiger partial charge is 0.260 e. The average molecular weight is 298 g/mol. The van der Waals surface area contributed by atoms with Gasteiger partial charge in [-0.2, -0.15) is 0 Å². The van der Waals surface area contributed by atoms with E-state index in [9.17, 15) is 4.79 Å². The summed E-state index contributed by atoms with van der Waals surface area (Å²) in [6.45, 7) is 3.08. The van der Waals surface area contributed by atoms with Crippen molar-refractivity contribution in [2.24, 2.45) is 0 Å². The van der Waals surface area contributed by atoms with Gasteiger partial charge in [0.05, 0.1) is 0 Å². The Morgan fingerprint density at radius 2 is 1.64 bits per heavy atom. The van der Waals surface area contributed by atoms with Crippen molar-refractivity contribution < 1.29 is 9.53 Å². The molecule has 4 heteroatoms. The van der Waals surface area contributed by atoms with Crippen LogP contribution in [0.1, 0.15) is 6.92 Å². The monoisotopic (exact) mass is 298 g/mol. The van der Waals surface area contributed by atoms with Gasteiger partial charge in [-0.25, -0.2) is 0 Å². The third kappa shape index (κ3) is 4.60. The van der Waals surface area contributed by atoms with Gasteiger partial charge in [0.25, 0.3) is 5.91 Å². The van der Waals surface area contributed by atoms with Crippen LogP contribution in [0.25, 0.3) is 11.1 Å². The molecule has 0 aliphatic rings. The van der Waals surface area contributed by atoms with E-state index >= 15 is 0 Å². The molecule has 1 unspecified atom stereocenters. The molecule has 22 heavy (non-hydrogen) atoms. The molecule has 1 atom stereocenters. The van der Waals surface area contributed by atoms with Gasteiger partial charge in [0.15, 0.2) is 6.10 Å². The minimum absolute atomic E-state index is 0.109. The number of rotatable bonds is 7. The van der Waals surface area contributed by atoms with Gasteiger partial charge >= 0.3 is 0 Å². The van der Waals surface area contributed by atoms with Crippen molar-refractivity contribution in [3.8, 4) is 16.9 Å². The fraction of sp³-hybridized carbons (Fsp3) is 0.278. The summed E-state index contributed by atoms with van der Waals surface area (Å²) in [4.78, 5) is 11.8. The molecule has 0 fully saturated rings. The van der Waals surface area contributed by atoms with Gasteiger partial charge in [0.1, 0.15) is 5.75 Å². The second-order valence-electron chi connectivity index (χ2n) is 5.05. The summed E-state index contributed by atoms with van der Waals surface area (Å²) < 4.78 is 5.67. The van der Waals surface area contributed by atoms with E-state index in [0.717, 1.165) is 17.7 Å². The first-order chi connectivity index (χ1) is 10.7. The Balaban J connectivity index is 1.92. The summed E-state index contributed by atoms with van der Waals surface area (Å²) in [5.41, 5.74) is 2.28. The molecule has 2 aromatic rings. The predicted octanol–water partition coefficient (Wildman–Crippen LogP) is 2.46. The molecule has 0 aliphatic heterocycles. The van der Waals surface area contributed by atoms with Gasteiger partial charge in [-0.05, 0) is 37.2 Å². The lowest BCUT2D eigenvalue weighted by atomic mass is 10.1. The van der Waals surface area contributed by atoms with E-state index in [0.29, 0.717) is 12.3 Å².